The Hall–Kier alpha value is -3.76. The Labute approximate surface area is 279 Å². The first-order valence-electron chi connectivity index (χ1n) is 15.6. The van der Waals surface area contributed by atoms with Crippen molar-refractivity contribution < 1.29 is 24.2 Å². The predicted octanol–water partition coefficient (Wildman–Crippen LogP) is 6.90. The van der Waals surface area contributed by atoms with Gasteiger partial charge in [0.05, 0.1) is 33.5 Å². The molecule has 1 saturated heterocycles. The minimum Gasteiger partial charge on any atom is -0.497 e. The molecule has 4 aromatic carbocycles. The van der Waals surface area contributed by atoms with Crippen LogP contribution in [0.5, 0.6) is 5.75 Å². The number of fused-ring (bicyclic) bond motifs is 2. The molecule has 1 N–H and O–H groups in total. The van der Waals surface area contributed by atoms with E-state index in [1.807, 2.05) is 89.8 Å². The molecule has 1 fully saturated rings. The first-order chi connectivity index (χ1) is 22.1. The van der Waals surface area contributed by atoms with E-state index in [-0.39, 0.29) is 30.1 Å². The number of nitrogens with zero attached hydrogens (tertiary/aromatic N) is 2. The zero-order chi connectivity index (χ0) is 32.6. The van der Waals surface area contributed by atoms with Crippen LogP contribution in [0.15, 0.2) is 102 Å². The third kappa shape index (κ3) is 5.39. The Morgan fingerprint density at radius 2 is 1.72 bits per heavy atom. The van der Waals surface area contributed by atoms with Crippen LogP contribution in [0.3, 0.4) is 0 Å². The summed E-state index contributed by atoms with van der Waals surface area (Å²) in [5, 5.41) is 11.4. The van der Waals surface area contributed by atoms with Crippen LogP contribution in [0.25, 0.3) is 0 Å². The first kappa shape index (κ1) is 32.2. The van der Waals surface area contributed by atoms with E-state index in [1.165, 1.54) is 5.19 Å². The molecular weight excluding hydrogens is 660 g/mol. The number of ether oxygens (including phenoxy) is 2. The van der Waals surface area contributed by atoms with Gasteiger partial charge < -0.3 is 19.5 Å². The summed E-state index contributed by atoms with van der Waals surface area (Å²) in [5.74, 6) is 0.546. The molecule has 0 aromatic heterocycles. The highest BCUT2D eigenvalue weighted by Gasteiger charge is 2.66. The van der Waals surface area contributed by atoms with Gasteiger partial charge in [-0.2, -0.15) is 0 Å². The number of carbonyl (C=O) groups is 2. The normalized spacial score (nSPS) is 22.3. The zero-order valence-corrected chi connectivity index (χ0v) is 29.1. The number of amides is 2. The van der Waals surface area contributed by atoms with E-state index < -0.39 is 13.7 Å². The Balaban J connectivity index is 1.39. The molecule has 0 aliphatic carbocycles. The largest absolute Gasteiger partial charge is 0.497 e. The summed E-state index contributed by atoms with van der Waals surface area (Å²) < 4.78 is 13.3. The highest BCUT2D eigenvalue weighted by Crippen LogP contribution is 2.60. The molecule has 2 aliphatic heterocycles. The van der Waals surface area contributed by atoms with Gasteiger partial charge in [-0.25, -0.2) is 0 Å². The average molecular weight is 700 g/mol. The van der Waals surface area contributed by atoms with Crippen LogP contribution in [-0.4, -0.2) is 45.3 Å². The van der Waals surface area contributed by atoms with Crippen molar-refractivity contribution >= 4 is 58.6 Å². The minimum absolute atomic E-state index is 0.0260. The summed E-state index contributed by atoms with van der Waals surface area (Å²) in [6.07, 6.45) is 0.958. The number of hydrogen-bond acceptors (Lipinski definition) is 5. The third-order valence-corrected chi connectivity index (χ3v) is 14.7. The summed E-state index contributed by atoms with van der Waals surface area (Å²) in [6, 6.07) is 31.4. The second-order valence-electron chi connectivity index (χ2n) is 12.7. The van der Waals surface area contributed by atoms with Crippen molar-refractivity contribution in [2.75, 3.05) is 23.5 Å². The fourth-order valence-electron chi connectivity index (χ4n) is 7.69. The lowest BCUT2D eigenvalue weighted by Crippen LogP contribution is -2.51. The molecular formula is C37H39BrN2O5Si. The molecule has 0 radical (unpaired) electrons. The fourth-order valence-corrected chi connectivity index (χ4v) is 12.1. The number of hydrogen-bond donors (Lipinski definition) is 1. The highest BCUT2D eigenvalue weighted by molar-refractivity contribution is 9.10. The van der Waals surface area contributed by atoms with E-state index in [0.29, 0.717) is 13.0 Å². The third-order valence-electron chi connectivity index (χ3n) is 9.88. The Morgan fingerprint density at radius 3 is 2.39 bits per heavy atom. The summed E-state index contributed by atoms with van der Waals surface area (Å²) in [7, 11) is -0.606. The van der Waals surface area contributed by atoms with Gasteiger partial charge >= 0.3 is 0 Å². The van der Waals surface area contributed by atoms with Gasteiger partial charge in [0.15, 0.2) is 5.60 Å². The Kier molecular flexibility index (Phi) is 8.95. The zero-order valence-electron chi connectivity index (χ0n) is 26.5. The number of methoxy groups -OCH3 is 1. The molecule has 1 spiro atoms. The van der Waals surface area contributed by atoms with Gasteiger partial charge in [-0.15, -0.1) is 0 Å². The molecule has 9 heteroatoms. The average Bonchev–Trinajstić information content (AvgIpc) is 3.48. The molecule has 0 bridgehead atoms. The summed E-state index contributed by atoms with van der Waals surface area (Å²) in [4.78, 5) is 30.5. The number of aliphatic hydroxyl groups is 1. The van der Waals surface area contributed by atoms with Gasteiger partial charge in [-0.3, -0.25) is 14.5 Å². The van der Waals surface area contributed by atoms with Gasteiger partial charge in [0, 0.05) is 33.9 Å². The number of halogens is 1. The van der Waals surface area contributed by atoms with E-state index in [9.17, 15) is 14.7 Å². The van der Waals surface area contributed by atoms with Crippen molar-refractivity contribution in [3.63, 3.8) is 0 Å². The van der Waals surface area contributed by atoms with Crippen LogP contribution < -0.4 is 19.7 Å². The lowest BCUT2D eigenvalue weighted by molar-refractivity contribution is -0.146. The number of para-hydroxylation sites is 1. The maximum absolute atomic E-state index is 14.9. The maximum Gasteiger partial charge on any atom is 0.264 e. The van der Waals surface area contributed by atoms with Crippen LogP contribution in [-0.2, 0) is 26.5 Å². The SMILES string of the molecule is COc1ccc([Si](C)(C)[C@@H]2[C@@H](CCO)O[C@]3(C(=O)N(Cc4cccc(N(C=O)c5ccccc5)c4)c4ccc(Br)cc43)[C@H]2C)cc1. The van der Waals surface area contributed by atoms with Crippen LogP contribution in [0, 0.1) is 5.92 Å². The van der Waals surface area contributed by atoms with E-state index in [0.717, 1.165) is 44.8 Å². The molecule has 4 atom stereocenters. The number of anilines is 3. The second-order valence-corrected chi connectivity index (χ2v) is 18.3. The van der Waals surface area contributed by atoms with Crippen LogP contribution in [0.4, 0.5) is 17.1 Å². The van der Waals surface area contributed by atoms with Crippen molar-refractivity contribution in [3.8, 4) is 5.75 Å². The first-order valence-corrected chi connectivity index (χ1v) is 19.5. The molecule has 0 unspecified atom stereocenters. The number of rotatable bonds is 10. The molecule has 46 heavy (non-hydrogen) atoms. The monoisotopic (exact) mass is 698 g/mol. The maximum atomic E-state index is 14.9. The minimum atomic E-state index is -2.27. The topological polar surface area (TPSA) is 79.3 Å². The number of benzene rings is 4. The Bertz CT molecular complexity index is 1730. The van der Waals surface area contributed by atoms with Gasteiger partial charge in [0.25, 0.3) is 5.91 Å². The molecule has 2 amide bonds. The predicted molar refractivity (Wildman–Crippen MR) is 188 cm³/mol. The highest BCUT2D eigenvalue weighted by atomic mass is 79.9. The Morgan fingerprint density at radius 1 is 1.00 bits per heavy atom. The smallest absolute Gasteiger partial charge is 0.264 e. The molecule has 6 rings (SSSR count). The van der Waals surface area contributed by atoms with Gasteiger partial charge in [0.2, 0.25) is 6.41 Å². The van der Waals surface area contributed by atoms with Gasteiger partial charge in [-0.1, -0.05) is 83.6 Å². The molecule has 238 valence electrons. The van der Waals surface area contributed by atoms with Gasteiger partial charge in [-0.05, 0) is 72.1 Å². The lowest BCUT2D eigenvalue weighted by atomic mass is 9.82. The van der Waals surface area contributed by atoms with E-state index in [1.54, 1.807) is 12.0 Å². The van der Waals surface area contributed by atoms with Crippen molar-refractivity contribution in [2.24, 2.45) is 5.92 Å². The molecule has 4 aromatic rings. The second kappa shape index (κ2) is 12.8. The fraction of sp³-hybridized carbons (Fsp3) is 0.297. The molecule has 0 saturated carbocycles. The quantitative estimate of drug-likeness (QED) is 0.144. The van der Waals surface area contributed by atoms with Crippen molar-refractivity contribution in [3.05, 3.63) is 113 Å². The van der Waals surface area contributed by atoms with Gasteiger partial charge in [0.1, 0.15) is 5.75 Å². The van der Waals surface area contributed by atoms with Crippen LogP contribution >= 0.6 is 15.9 Å². The standard InChI is InChI=1S/C37H39BrN2O5Si/c1-25-35(46(3,4)31-16-14-30(44-2)15-17-31)34(19-20-41)45-37(25)32-22-27(38)13-18-33(32)39(36(37)43)23-26-9-8-12-29(21-26)40(24-42)28-10-6-5-7-11-28/h5-18,21-22,24-25,34-35,41H,19-20,23H2,1-4H3/t25-,34+,35-,37+/m0/s1. The van der Waals surface area contributed by atoms with Crippen molar-refractivity contribution in [1.29, 1.82) is 0 Å². The molecule has 7 nitrogen and oxygen atoms in total. The number of aliphatic hydroxyl groups excluding tert-OH is 1. The summed E-state index contributed by atoms with van der Waals surface area (Å²) in [5.41, 5.74) is 2.89. The van der Waals surface area contributed by atoms with E-state index in [2.05, 4.69) is 48.1 Å². The lowest BCUT2D eigenvalue weighted by Gasteiger charge is -2.37. The summed E-state index contributed by atoms with van der Waals surface area (Å²) in [6.45, 7) is 7.10. The summed E-state index contributed by atoms with van der Waals surface area (Å²) >= 11 is 3.66. The van der Waals surface area contributed by atoms with Crippen LogP contribution in [0.1, 0.15) is 24.5 Å². The molecule has 2 aliphatic rings. The number of carbonyl (C=O) groups excluding carboxylic acids is 2. The van der Waals surface area contributed by atoms with E-state index >= 15 is 0 Å². The molecule has 2 heterocycles. The van der Waals surface area contributed by atoms with Crippen molar-refractivity contribution in [1.82, 2.24) is 0 Å². The van der Waals surface area contributed by atoms with E-state index in [4.69, 9.17) is 9.47 Å². The van der Waals surface area contributed by atoms with Crippen molar-refractivity contribution in [2.45, 2.75) is 50.2 Å². The van der Waals surface area contributed by atoms with Crippen LogP contribution in [0.2, 0.25) is 18.6 Å².